The highest BCUT2D eigenvalue weighted by Crippen LogP contribution is 2.12. The van der Waals surface area contributed by atoms with Crippen molar-refractivity contribution < 1.29 is 9.21 Å². The van der Waals surface area contributed by atoms with Crippen LogP contribution in [0.4, 0.5) is 0 Å². The lowest BCUT2D eigenvalue weighted by atomic mass is 10.4. The van der Waals surface area contributed by atoms with Gasteiger partial charge < -0.3 is 9.73 Å². The molecule has 0 aliphatic rings. The maximum atomic E-state index is 11.3. The van der Waals surface area contributed by atoms with Gasteiger partial charge in [0.1, 0.15) is 0 Å². The minimum absolute atomic E-state index is 0.200. The number of carbonyl (C=O) groups excluding carboxylic acids is 1. The topological polar surface area (TPSA) is 42.2 Å². The van der Waals surface area contributed by atoms with Crippen molar-refractivity contribution in [3.63, 3.8) is 0 Å². The van der Waals surface area contributed by atoms with E-state index in [-0.39, 0.29) is 16.9 Å². The zero-order chi connectivity index (χ0) is 10.4. The van der Waals surface area contributed by atoms with Gasteiger partial charge in [-0.2, -0.15) is 0 Å². The number of rotatable bonds is 4. The molecule has 0 aliphatic carbocycles. The summed E-state index contributed by atoms with van der Waals surface area (Å²) in [4.78, 5) is 11.3. The van der Waals surface area contributed by atoms with Gasteiger partial charge in [0.15, 0.2) is 11.0 Å². The Bertz CT molecular complexity index is 333. The summed E-state index contributed by atoms with van der Waals surface area (Å²) >= 11 is 10.9. The summed E-state index contributed by atoms with van der Waals surface area (Å²) in [5.41, 5.74) is 0. The van der Waals surface area contributed by atoms with E-state index in [1.54, 1.807) is 12.2 Å². The third-order valence-corrected chi connectivity index (χ3v) is 1.81. The van der Waals surface area contributed by atoms with Crippen molar-refractivity contribution in [1.82, 2.24) is 5.32 Å². The Morgan fingerprint density at radius 3 is 2.86 bits per heavy atom. The third-order valence-electron chi connectivity index (χ3n) is 1.43. The fourth-order valence-electron chi connectivity index (χ4n) is 0.821. The van der Waals surface area contributed by atoms with Crippen LogP contribution >= 0.6 is 23.2 Å². The molecule has 1 heterocycles. The van der Waals surface area contributed by atoms with Gasteiger partial charge in [-0.15, -0.1) is 11.6 Å². The van der Waals surface area contributed by atoms with Crippen molar-refractivity contribution in [2.24, 2.45) is 0 Å². The molecule has 1 amide bonds. The Morgan fingerprint density at radius 2 is 2.29 bits per heavy atom. The Morgan fingerprint density at radius 1 is 1.50 bits per heavy atom. The number of furan rings is 1. The van der Waals surface area contributed by atoms with Crippen LogP contribution < -0.4 is 5.32 Å². The monoisotopic (exact) mass is 233 g/mol. The largest absolute Gasteiger partial charge is 0.440 e. The van der Waals surface area contributed by atoms with E-state index < -0.39 is 0 Å². The molecule has 1 N–H and O–H groups in total. The van der Waals surface area contributed by atoms with Gasteiger partial charge in [-0.3, -0.25) is 4.79 Å². The molecule has 1 aromatic rings. The molecule has 0 spiro atoms. The van der Waals surface area contributed by atoms with Crippen LogP contribution in [0.1, 0.15) is 10.6 Å². The van der Waals surface area contributed by atoms with Crippen molar-refractivity contribution in [3.05, 3.63) is 35.3 Å². The number of amides is 1. The van der Waals surface area contributed by atoms with Gasteiger partial charge in [-0.05, 0) is 23.7 Å². The first-order chi connectivity index (χ1) is 6.74. The lowest BCUT2D eigenvalue weighted by Gasteiger charge is -1.97. The van der Waals surface area contributed by atoms with Crippen LogP contribution in [0.2, 0.25) is 5.22 Å². The molecule has 3 nitrogen and oxygen atoms in total. The van der Waals surface area contributed by atoms with Crippen molar-refractivity contribution in [2.75, 3.05) is 12.4 Å². The normalized spacial score (nSPS) is 10.7. The van der Waals surface area contributed by atoms with Gasteiger partial charge in [-0.25, -0.2) is 0 Å². The first-order valence-electron chi connectivity index (χ1n) is 3.98. The number of nitrogens with one attached hydrogen (secondary N) is 1. The van der Waals surface area contributed by atoms with E-state index in [2.05, 4.69) is 5.32 Å². The predicted octanol–water partition coefficient (Wildman–Crippen LogP) is 2.46. The fourth-order valence-corrected chi connectivity index (χ4v) is 1.09. The number of hydrogen-bond donors (Lipinski definition) is 1. The quantitative estimate of drug-likeness (QED) is 0.642. The summed E-state index contributed by atoms with van der Waals surface area (Å²) < 4.78 is 4.91. The molecular weight excluding hydrogens is 225 g/mol. The molecule has 1 rings (SSSR count). The van der Waals surface area contributed by atoms with Crippen LogP contribution in [0.15, 0.2) is 28.7 Å². The van der Waals surface area contributed by atoms with Gasteiger partial charge >= 0.3 is 0 Å². The fraction of sp³-hybridized carbons (Fsp3) is 0.222. The average molecular weight is 234 g/mol. The van der Waals surface area contributed by atoms with Crippen LogP contribution in [-0.2, 0) is 0 Å². The van der Waals surface area contributed by atoms with Gasteiger partial charge in [0, 0.05) is 12.4 Å². The Kier molecular flexibility index (Phi) is 4.56. The van der Waals surface area contributed by atoms with Gasteiger partial charge in [0.2, 0.25) is 0 Å². The first-order valence-corrected chi connectivity index (χ1v) is 4.90. The van der Waals surface area contributed by atoms with E-state index in [1.165, 1.54) is 12.1 Å². The van der Waals surface area contributed by atoms with E-state index in [4.69, 9.17) is 27.6 Å². The van der Waals surface area contributed by atoms with Crippen LogP contribution in [-0.4, -0.2) is 18.3 Å². The predicted molar refractivity (Wildman–Crippen MR) is 55.9 cm³/mol. The number of alkyl halides is 1. The molecule has 0 radical (unpaired) electrons. The molecule has 0 aliphatic heterocycles. The second-order valence-electron chi connectivity index (χ2n) is 2.44. The van der Waals surface area contributed by atoms with Crippen LogP contribution in [0.25, 0.3) is 0 Å². The number of carbonyl (C=O) groups is 1. The lowest BCUT2D eigenvalue weighted by molar-refractivity contribution is 0.0930. The zero-order valence-corrected chi connectivity index (χ0v) is 8.81. The molecule has 76 valence electrons. The summed E-state index contributed by atoms with van der Waals surface area (Å²) in [6, 6.07) is 3.04. The number of hydrogen-bond acceptors (Lipinski definition) is 2. The maximum absolute atomic E-state index is 11.3. The van der Waals surface area contributed by atoms with Gasteiger partial charge in [0.25, 0.3) is 5.91 Å². The Hall–Kier alpha value is -0.930. The molecule has 5 heteroatoms. The standard InChI is InChI=1S/C9H9Cl2NO2/c10-5-1-2-6-12-9(13)7-3-4-8(11)14-7/h1-4H,5-6H2,(H,12,13)/b2-1+. The van der Waals surface area contributed by atoms with Crippen LogP contribution in [0.3, 0.4) is 0 Å². The Balaban J connectivity index is 2.39. The summed E-state index contributed by atoms with van der Waals surface area (Å²) in [6.07, 6.45) is 3.51. The second kappa shape index (κ2) is 5.73. The molecule has 0 bridgehead atoms. The number of halogens is 2. The van der Waals surface area contributed by atoms with Crippen LogP contribution in [0, 0.1) is 0 Å². The highest BCUT2D eigenvalue weighted by Gasteiger charge is 2.08. The molecular formula is C9H9Cl2NO2. The highest BCUT2D eigenvalue weighted by molar-refractivity contribution is 6.29. The Labute approximate surface area is 91.7 Å². The van der Waals surface area contributed by atoms with Crippen molar-refractivity contribution in [3.8, 4) is 0 Å². The van der Waals surface area contributed by atoms with E-state index >= 15 is 0 Å². The second-order valence-corrected chi connectivity index (χ2v) is 3.12. The third kappa shape index (κ3) is 3.44. The summed E-state index contributed by atoms with van der Waals surface area (Å²) in [6.45, 7) is 0.421. The van der Waals surface area contributed by atoms with Crippen molar-refractivity contribution in [2.45, 2.75) is 0 Å². The molecule has 1 aromatic heterocycles. The highest BCUT2D eigenvalue weighted by atomic mass is 35.5. The van der Waals surface area contributed by atoms with E-state index in [0.29, 0.717) is 12.4 Å². The molecule has 0 saturated heterocycles. The molecule has 0 saturated carbocycles. The molecule has 0 unspecified atom stereocenters. The summed E-state index contributed by atoms with van der Waals surface area (Å²) in [5, 5.41) is 2.81. The van der Waals surface area contributed by atoms with Crippen molar-refractivity contribution in [1.29, 1.82) is 0 Å². The van der Waals surface area contributed by atoms with E-state index in [0.717, 1.165) is 0 Å². The summed E-state index contributed by atoms with van der Waals surface area (Å²) in [5.74, 6) is 0.341. The molecule has 0 aromatic carbocycles. The molecule has 0 atom stereocenters. The minimum atomic E-state index is -0.295. The van der Waals surface area contributed by atoms with Gasteiger partial charge in [-0.1, -0.05) is 12.2 Å². The minimum Gasteiger partial charge on any atom is -0.440 e. The SMILES string of the molecule is O=C(NC/C=C/CCl)c1ccc(Cl)o1. The zero-order valence-electron chi connectivity index (χ0n) is 7.30. The average Bonchev–Trinajstić information content (AvgIpc) is 2.59. The smallest absolute Gasteiger partial charge is 0.287 e. The van der Waals surface area contributed by atoms with Gasteiger partial charge in [0.05, 0.1) is 0 Å². The molecule has 0 fully saturated rings. The maximum Gasteiger partial charge on any atom is 0.287 e. The molecule has 14 heavy (non-hydrogen) atoms. The first kappa shape index (κ1) is 11.1. The van der Waals surface area contributed by atoms with Crippen LogP contribution in [0.5, 0.6) is 0 Å². The lowest BCUT2D eigenvalue weighted by Crippen LogP contribution is -2.22. The van der Waals surface area contributed by atoms with E-state index in [1.807, 2.05) is 0 Å². The summed E-state index contributed by atoms with van der Waals surface area (Å²) in [7, 11) is 0. The van der Waals surface area contributed by atoms with E-state index in [9.17, 15) is 4.79 Å². The van der Waals surface area contributed by atoms with Crippen molar-refractivity contribution >= 4 is 29.1 Å². The number of allylic oxidation sites excluding steroid dienone is 1.